The zero-order valence-corrected chi connectivity index (χ0v) is 10.3. The van der Waals surface area contributed by atoms with Gasteiger partial charge in [0.05, 0.1) is 0 Å². The van der Waals surface area contributed by atoms with E-state index >= 15 is 0 Å². The second kappa shape index (κ2) is 2.96. The summed E-state index contributed by atoms with van der Waals surface area (Å²) in [6.45, 7) is 4.57. The van der Waals surface area contributed by atoms with E-state index in [9.17, 15) is 26.3 Å². The lowest BCUT2D eigenvalue weighted by Crippen LogP contribution is -2.73. The van der Waals surface area contributed by atoms with E-state index in [0.29, 0.717) is 0 Å². The SMILES string of the molecule is CC1=C(C)C2(C(F)(F)F)C(C)=C(C)C12C(F)(F)F. The van der Waals surface area contributed by atoms with Crippen molar-refractivity contribution in [3.63, 3.8) is 0 Å². The first-order valence-corrected chi connectivity index (χ1v) is 5.38. The molecule has 0 radical (unpaired) electrons. The van der Waals surface area contributed by atoms with Crippen LogP contribution in [0, 0.1) is 10.8 Å². The first-order chi connectivity index (χ1) is 7.88. The number of allylic oxidation sites excluding steroid dienone is 4. The Labute approximate surface area is 100 Å². The van der Waals surface area contributed by atoms with Gasteiger partial charge >= 0.3 is 12.4 Å². The molecule has 102 valence electrons. The Morgan fingerprint density at radius 3 is 0.833 bits per heavy atom. The molecule has 18 heavy (non-hydrogen) atoms. The molecule has 0 aromatic carbocycles. The van der Waals surface area contributed by atoms with Crippen LogP contribution in [0.3, 0.4) is 0 Å². The fourth-order valence-electron chi connectivity index (χ4n) is 3.96. The van der Waals surface area contributed by atoms with Gasteiger partial charge in [-0.25, -0.2) is 0 Å². The van der Waals surface area contributed by atoms with Crippen molar-refractivity contribution in [2.24, 2.45) is 10.8 Å². The Kier molecular flexibility index (Phi) is 2.22. The van der Waals surface area contributed by atoms with Crippen LogP contribution in [-0.2, 0) is 0 Å². The highest BCUT2D eigenvalue weighted by atomic mass is 19.4. The molecular weight excluding hydrogens is 258 g/mol. The summed E-state index contributed by atoms with van der Waals surface area (Å²) in [5.74, 6) is 0. The van der Waals surface area contributed by atoms with Crippen molar-refractivity contribution in [2.45, 2.75) is 40.0 Å². The van der Waals surface area contributed by atoms with Gasteiger partial charge in [-0.15, -0.1) is 0 Å². The highest BCUT2D eigenvalue weighted by Gasteiger charge is 2.88. The minimum Gasteiger partial charge on any atom is -0.170 e. The van der Waals surface area contributed by atoms with E-state index in [-0.39, 0.29) is 22.3 Å². The van der Waals surface area contributed by atoms with Gasteiger partial charge in [-0.05, 0) is 27.7 Å². The molecule has 2 aliphatic carbocycles. The van der Waals surface area contributed by atoms with Gasteiger partial charge in [0, 0.05) is 0 Å². The average molecular weight is 270 g/mol. The molecule has 0 fully saturated rings. The number of alkyl halides is 6. The summed E-state index contributed by atoms with van der Waals surface area (Å²) in [4.78, 5) is 0. The predicted molar refractivity (Wildman–Crippen MR) is 53.7 cm³/mol. The molecule has 6 heteroatoms. The van der Waals surface area contributed by atoms with Crippen molar-refractivity contribution < 1.29 is 26.3 Å². The van der Waals surface area contributed by atoms with Gasteiger partial charge in [-0.2, -0.15) is 26.3 Å². The molecule has 0 aliphatic heterocycles. The number of hydrogen-bond acceptors (Lipinski definition) is 0. The molecule has 0 heterocycles. The third-order valence-corrected chi connectivity index (χ3v) is 4.79. The van der Waals surface area contributed by atoms with Crippen LogP contribution < -0.4 is 0 Å². The van der Waals surface area contributed by atoms with Crippen LogP contribution in [0.15, 0.2) is 22.3 Å². The standard InChI is InChI=1S/C12H12F6/c1-5-6(2)10(12(16,17)18)8(4)7(3)9(5,10)11(13,14)15/h1-4H3. The van der Waals surface area contributed by atoms with E-state index in [1.165, 1.54) is 0 Å². The molecule has 0 saturated carbocycles. The molecule has 2 aliphatic rings. The summed E-state index contributed by atoms with van der Waals surface area (Å²) in [6, 6.07) is 0. The molecule has 0 atom stereocenters. The van der Waals surface area contributed by atoms with Crippen molar-refractivity contribution in [3.8, 4) is 0 Å². The monoisotopic (exact) mass is 270 g/mol. The molecule has 0 aromatic rings. The molecule has 2 rings (SSSR count). The van der Waals surface area contributed by atoms with Gasteiger partial charge in [0.1, 0.15) is 10.8 Å². The van der Waals surface area contributed by atoms with Gasteiger partial charge in [-0.3, -0.25) is 0 Å². The maximum absolute atomic E-state index is 13.2. The topological polar surface area (TPSA) is 0 Å². The fraction of sp³-hybridized carbons (Fsp3) is 0.667. The minimum atomic E-state index is -4.92. The van der Waals surface area contributed by atoms with Gasteiger partial charge in [0.2, 0.25) is 0 Å². The molecule has 0 saturated heterocycles. The molecule has 0 N–H and O–H groups in total. The van der Waals surface area contributed by atoms with Crippen LogP contribution in [0.25, 0.3) is 0 Å². The number of halogens is 6. The smallest absolute Gasteiger partial charge is 0.170 e. The molecule has 0 unspecified atom stereocenters. The second-order valence-electron chi connectivity index (χ2n) is 5.00. The molecular formula is C12H12F6. The van der Waals surface area contributed by atoms with Crippen molar-refractivity contribution in [1.82, 2.24) is 0 Å². The number of hydrogen-bond donors (Lipinski definition) is 0. The highest BCUT2D eigenvalue weighted by molar-refractivity contribution is 5.67. The van der Waals surface area contributed by atoms with Crippen LogP contribution >= 0.6 is 0 Å². The lowest BCUT2D eigenvalue weighted by Gasteiger charge is -2.69. The van der Waals surface area contributed by atoms with Crippen LogP contribution in [0.4, 0.5) is 26.3 Å². The summed E-state index contributed by atoms with van der Waals surface area (Å²) in [7, 11) is 0. The summed E-state index contributed by atoms with van der Waals surface area (Å²) in [5.41, 5.74) is -6.50. The fourth-order valence-corrected chi connectivity index (χ4v) is 3.96. The summed E-state index contributed by atoms with van der Waals surface area (Å²) >= 11 is 0. The summed E-state index contributed by atoms with van der Waals surface area (Å²) in [5, 5.41) is 0. The number of rotatable bonds is 0. The van der Waals surface area contributed by atoms with E-state index in [0.717, 1.165) is 27.7 Å². The Hall–Kier alpha value is -0.940. The van der Waals surface area contributed by atoms with Crippen molar-refractivity contribution in [2.75, 3.05) is 0 Å². The largest absolute Gasteiger partial charge is 0.403 e. The van der Waals surface area contributed by atoms with Crippen LogP contribution in [0.5, 0.6) is 0 Å². The number of fused-ring (bicyclic) bond motifs is 1. The van der Waals surface area contributed by atoms with Crippen LogP contribution in [0.2, 0.25) is 0 Å². The lowest BCUT2D eigenvalue weighted by molar-refractivity contribution is -0.324. The van der Waals surface area contributed by atoms with Crippen LogP contribution in [0.1, 0.15) is 27.7 Å². The van der Waals surface area contributed by atoms with Crippen molar-refractivity contribution in [3.05, 3.63) is 22.3 Å². The average Bonchev–Trinajstić information content (AvgIpc) is 2.17. The van der Waals surface area contributed by atoms with Crippen molar-refractivity contribution >= 4 is 0 Å². The first kappa shape index (κ1) is 13.5. The summed E-state index contributed by atoms with van der Waals surface area (Å²) in [6.07, 6.45) is -9.84. The molecule has 0 amide bonds. The predicted octanol–water partition coefficient (Wildman–Crippen LogP) is 4.78. The normalized spacial score (nSPS) is 36.3. The Morgan fingerprint density at radius 2 is 0.722 bits per heavy atom. The van der Waals surface area contributed by atoms with Gasteiger partial charge in [0.25, 0.3) is 0 Å². The van der Waals surface area contributed by atoms with Gasteiger partial charge in [0.15, 0.2) is 0 Å². The first-order valence-electron chi connectivity index (χ1n) is 5.38. The highest BCUT2D eigenvalue weighted by Crippen LogP contribution is 2.83. The minimum absolute atomic E-state index is 0.213. The molecule has 0 aromatic heterocycles. The molecule has 0 bridgehead atoms. The zero-order chi connectivity index (χ0) is 14.3. The Balaban J connectivity index is 2.82. The molecule has 0 spiro atoms. The van der Waals surface area contributed by atoms with E-state index in [4.69, 9.17) is 0 Å². The van der Waals surface area contributed by atoms with E-state index in [2.05, 4.69) is 0 Å². The van der Waals surface area contributed by atoms with E-state index in [1.54, 1.807) is 0 Å². The summed E-state index contributed by atoms with van der Waals surface area (Å²) < 4.78 is 79.4. The third-order valence-electron chi connectivity index (χ3n) is 4.79. The van der Waals surface area contributed by atoms with Gasteiger partial charge < -0.3 is 0 Å². The maximum atomic E-state index is 13.2. The zero-order valence-electron chi connectivity index (χ0n) is 10.3. The maximum Gasteiger partial charge on any atom is 0.403 e. The van der Waals surface area contributed by atoms with Crippen LogP contribution in [-0.4, -0.2) is 12.4 Å². The van der Waals surface area contributed by atoms with E-state index in [1.807, 2.05) is 0 Å². The lowest BCUT2D eigenvalue weighted by atomic mass is 9.34. The Bertz CT molecular complexity index is 416. The van der Waals surface area contributed by atoms with E-state index < -0.39 is 23.2 Å². The van der Waals surface area contributed by atoms with Crippen molar-refractivity contribution in [1.29, 1.82) is 0 Å². The second-order valence-corrected chi connectivity index (χ2v) is 5.00. The Morgan fingerprint density at radius 1 is 0.556 bits per heavy atom. The third kappa shape index (κ3) is 0.883. The van der Waals surface area contributed by atoms with Gasteiger partial charge in [-0.1, -0.05) is 22.3 Å². The molecule has 0 nitrogen and oxygen atoms in total. The quantitative estimate of drug-likeness (QED) is 0.439.